The van der Waals surface area contributed by atoms with E-state index >= 15 is 0 Å². The average molecular weight is 448 g/mol. The molecule has 6 rings (SSSR count). The van der Waals surface area contributed by atoms with E-state index in [9.17, 15) is 14.3 Å². The lowest BCUT2D eigenvalue weighted by Gasteiger charge is -2.37. The Balaban J connectivity index is 1.11. The van der Waals surface area contributed by atoms with E-state index in [2.05, 4.69) is 44.5 Å². The fraction of sp³-hybridized carbons (Fsp3) is 0.360. The average Bonchev–Trinajstić information content (AvgIpc) is 3.40. The normalized spacial score (nSPS) is 21.4. The summed E-state index contributed by atoms with van der Waals surface area (Å²) in [4.78, 5) is 21.9. The predicted octanol–water partition coefficient (Wildman–Crippen LogP) is 2.47. The minimum Gasteiger partial charge on any atom is -0.382 e. The van der Waals surface area contributed by atoms with Crippen LogP contribution in [0.25, 0.3) is 21.9 Å². The Bertz CT molecular complexity index is 1410. The Morgan fingerprint density at radius 3 is 2.91 bits per heavy atom. The van der Waals surface area contributed by atoms with Gasteiger partial charge in [-0.05, 0) is 55.1 Å². The van der Waals surface area contributed by atoms with E-state index in [1.807, 2.05) is 6.20 Å². The molecule has 0 amide bonds. The van der Waals surface area contributed by atoms with E-state index < -0.39 is 11.4 Å². The molecule has 2 aliphatic heterocycles. The number of nitrogens with zero attached hydrogens (tertiary/aromatic N) is 3. The summed E-state index contributed by atoms with van der Waals surface area (Å²) < 4.78 is 16.2. The van der Waals surface area contributed by atoms with Gasteiger partial charge in [0.2, 0.25) is 0 Å². The molecule has 1 aromatic carbocycles. The number of hydrogen-bond donors (Lipinski definition) is 3. The second-order valence-electron chi connectivity index (χ2n) is 9.33. The van der Waals surface area contributed by atoms with E-state index in [0.29, 0.717) is 23.6 Å². The number of benzene rings is 1. The number of aliphatic hydroxyl groups is 1. The molecule has 1 fully saturated rings. The summed E-state index contributed by atoms with van der Waals surface area (Å²) in [5.74, 6) is -0.558. The first-order chi connectivity index (χ1) is 16.0. The maximum absolute atomic E-state index is 14.8. The van der Waals surface area contributed by atoms with E-state index in [4.69, 9.17) is 0 Å². The van der Waals surface area contributed by atoms with Crippen molar-refractivity contribution in [3.05, 3.63) is 76.1 Å². The number of halogens is 1. The number of nitrogens with one attached hydrogen (secondary N) is 2. The molecule has 0 aliphatic carbocycles. The fourth-order valence-corrected chi connectivity index (χ4v) is 5.44. The number of likely N-dealkylation sites (tertiary alicyclic amines) is 1. The molecule has 5 heterocycles. The molecular formula is C25H26FN5O2. The Labute approximate surface area is 189 Å². The molecule has 0 radical (unpaired) electrons. The van der Waals surface area contributed by atoms with Crippen molar-refractivity contribution >= 4 is 21.9 Å². The highest BCUT2D eigenvalue weighted by atomic mass is 19.1. The van der Waals surface area contributed by atoms with Gasteiger partial charge >= 0.3 is 0 Å². The lowest BCUT2D eigenvalue weighted by atomic mass is 9.93. The van der Waals surface area contributed by atoms with Gasteiger partial charge in [0.15, 0.2) is 0 Å². The number of hydrogen-bond acceptors (Lipinski definition) is 5. The summed E-state index contributed by atoms with van der Waals surface area (Å²) in [5.41, 5.74) is 1.85. The highest BCUT2D eigenvalue weighted by Crippen LogP contribution is 2.37. The van der Waals surface area contributed by atoms with Crippen LogP contribution < -0.4 is 10.9 Å². The van der Waals surface area contributed by atoms with Crippen molar-refractivity contribution in [1.29, 1.82) is 0 Å². The van der Waals surface area contributed by atoms with Gasteiger partial charge < -0.3 is 20.0 Å². The molecular weight excluding hydrogens is 421 g/mol. The molecule has 0 spiro atoms. The molecule has 1 atom stereocenters. The van der Waals surface area contributed by atoms with Crippen LogP contribution >= 0.6 is 0 Å². The van der Waals surface area contributed by atoms with Crippen molar-refractivity contribution in [2.45, 2.75) is 37.6 Å². The third kappa shape index (κ3) is 3.55. The zero-order valence-electron chi connectivity index (χ0n) is 18.2. The number of H-pyrrole nitrogens is 1. The zero-order chi connectivity index (χ0) is 22.6. The van der Waals surface area contributed by atoms with Gasteiger partial charge in [-0.1, -0.05) is 12.1 Å². The van der Waals surface area contributed by atoms with Crippen LogP contribution in [0.4, 0.5) is 4.39 Å². The first kappa shape index (κ1) is 20.5. The number of pyridine rings is 2. The van der Waals surface area contributed by atoms with Crippen LogP contribution in [0, 0.1) is 5.82 Å². The number of β-amino-alcohol motifs (C(OH)–C–C–N with tert-alkyl or cyclic N) is 1. The highest BCUT2D eigenvalue weighted by molar-refractivity contribution is 5.81. The number of piperidine rings is 1. The molecule has 170 valence electrons. The maximum Gasteiger partial charge on any atom is 0.251 e. The standard InChI is InChI=1S/C25H26FN5O2/c26-19-13-29-20-3-4-22(32)31-15-25(33,23(19)24(20)31)14-30-9-6-18(7-10-30)28-12-16-1-2-17-5-8-27-21(17)11-16/h1-5,8,11,13,18,27-28,33H,6-7,9-10,12,14-15H2/t25-/m0/s1. The Morgan fingerprint density at radius 2 is 2.06 bits per heavy atom. The van der Waals surface area contributed by atoms with Gasteiger partial charge in [0.1, 0.15) is 11.4 Å². The van der Waals surface area contributed by atoms with Crippen LogP contribution in [-0.4, -0.2) is 50.2 Å². The highest BCUT2D eigenvalue weighted by Gasteiger charge is 2.43. The largest absolute Gasteiger partial charge is 0.382 e. The van der Waals surface area contributed by atoms with Gasteiger partial charge in [0.05, 0.1) is 29.3 Å². The van der Waals surface area contributed by atoms with Gasteiger partial charge in [-0.2, -0.15) is 0 Å². The summed E-state index contributed by atoms with van der Waals surface area (Å²) >= 11 is 0. The predicted molar refractivity (Wildman–Crippen MR) is 124 cm³/mol. The third-order valence-corrected chi connectivity index (χ3v) is 7.13. The van der Waals surface area contributed by atoms with Crippen LogP contribution in [-0.2, 0) is 18.7 Å². The minimum absolute atomic E-state index is 0.0561. The van der Waals surface area contributed by atoms with Crippen molar-refractivity contribution in [2.24, 2.45) is 0 Å². The van der Waals surface area contributed by atoms with Crippen LogP contribution in [0.1, 0.15) is 24.0 Å². The summed E-state index contributed by atoms with van der Waals surface area (Å²) in [6.45, 7) is 2.76. The van der Waals surface area contributed by atoms with Crippen LogP contribution in [0.2, 0.25) is 0 Å². The molecule has 2 aliphatic rings. The van der Waals surface area contributed by atoms with Crippen molar-refractivity contribution in [3.63, 3.8) is 0 Å². The van der Waals surface area contributed by atoms with Gasteiger partial charge in [-0.25, -0.2) is 4.39 Å². The lowest BCUT2D eigenvalue weighted by molar-refractivity contribution is -0.0159. The molecule has 0 bridgehead atoms. The van der Waals surface area contributed by atoms with Crippen molar-refractivity contribution in [1.82, 2.24) is 24.8 Å². The second kappa shape index (κ2) is 7.76. The second-order valence-corrected chi connectivity index (χ2v) is 9.33. The topological polar surface area (TPSA) is 86.2 Å². The number of rotatable bonds is 5. The summed E-state index contributed by atoms with van der Waals surface area (Å²) in [5, 5.41) is 16.3. The third-order valence-electron chi connectivity index (χ3n) is 7.13. The lowest BCUT2D eigenvalue weighted by Crippen LogP contribution is -2.48. The first-order valence-electron chi connectivity index (χ1n) is 11.4. The molecule has 8 heteroatoms. The molecule has 4 aromatic rings. The van der Waals surface area contributed by atoms with Gasteiger partial charge in [-0.3, -0.25) is 14.7 Å². The van der Waals surface area contributed by atoms with Crippen LogP contribution in [0.15, 0.2) is 53.6 Å². The number of fused-ring (bicyclic) bond motifs is 1. The number of aromatic nitrogens is 3. The van der Waals surface area contributed by atoms with Crippen molar-refractivity contribution in [3.8, 4) is 0 Å². The smallest absolute Gasteiger partial charge is 0.251 e. The van der Waals surface area contributed by atoms with E-state index in [1.165, 1.54) is 21.6 Å². The monoisotopic (exact) mass is 447 g/mol. The Kier molecular flexibility index (Phi) is 4.83. The molecule has 3 N–H and O–H groups in total. The van der Waals surface area contributed by atoms with E-state index in [1.54, 1.807) is 6.07 Å². The van der Waals surface area contributed by atoms with E-state index in [0.717, 1.165) is 44.2 Å². The molecule has 0 saturated carbocycles. The molecule has 1 saturated heterocycles. The molecule has 33 heavy (non-hydrogen) atoms. The van der Waals surface area contributed by atoms with Crippen LogP contribution in [0.5, 0.6) is 0 Å². The molecule has 3 aromatic heterocycles. The SMILES string of the molecule is O=c1ccc2ncc(F)c3c2n1C[C@@]3(O)CN1CCC(NCc2ccc3cc[nH]c3c2)CC1. The number of aromatic amines is 1. The minimum atomic E-state index is -1.44. The maximum atomic E-state index is 14.8. The van der Waals surface area contributed by atoms with Crippen LogP contribution in [0.3, 0.4) is 0 Å². The molecule has 0 unspecified atom stereocenters. The van der Waals surface area contributed by atoms with Crippen molar-refractivity contribution < 1.29 is 9.50 Å². The Hall–Kier alpha value is -3.07. The summed E-state index contributed by atoms with van der Waals surface area (Å²) in [6, 6.07) is 11.9. The Morgan fingerprint density at radius 1 is 1.21 bits per heavy atom. The fourth-order valence-electron chi connectivity index (χ4n) is 5.44. The van der Waals surface area contributed by atoms with Gasteiger partial charge in [0, 0.05) is 36.9 Å². The zero-order valence-corrected chi connectivity index (χ0v) is 18.2. The summed E-state index contributed by atoms with van der Waals surface area (Å²) in [7, 11) is 0. The van der Waals surface area contributed by atoms with Gasteiger partial charge in [-0.15, -0.1) is 0 Å². The molecule has 7 nitrogen and oxygen atoms in total. The first-order valence-corrected chi connectivity index (χ1v) is 11.4. The summed E-state index contributed by atoms with van der Waals surface area (Å²) in [6.07, 6.45) is 4.99. The van der Waals surface area contributed by atoms with Gasteiger partial charge in [0.25, 0.3) is 5.56 Å². The van der Waals surface area contributed by atoms with Crippen molar-refractivity contribution in [2.75, 3.05) is 19.6 Å². The van der Waals surface area contributed by atoms with E-state index in [-0.39, 0.29) is 17.7 Å². The quantitative estimate of drug-likeness (QED) is 0.438.